The molecular weight excluding hydrogens is 498 g/mol. The predicted octanol–water partition coefficient (Wildman–Crippen LogP) is 7.21. The van der Waals surface area contributed by atoms with Crippen LogP contribution in [0.4, 0.5) is 0 Å². The van der Waals surface area contributed by atoms with Crippen LogP contribution < -0.4 is 15.2 Å². The standard InChI is InChI=1S/C34H33N3O3/c1-19-7-10-22(11-8-19)29(38)14-9-21-15-25-31(30-20(2)37-28-13-12-23(39-6)17-24(28)30)26(18-35)33(36)40-32(25)27(16-21)34(3,4)5/h7-17,31,37H,36H2,1-6H3/b14-9+. The number of nitriles is 1. The average Bonchev–Trinajstić information content (AvgIpc) is 3.24. The first kappa shape index (κ1) is 26.8. The number of nitrogens with zero attached hydrogens (tertiary/aromatic N) is 1. The zero-order chi connectivity index (χ0) is 28.8. The van der Waals surface area contributed by atoms with Crippen LogP contribution in [0.1, 0.15) is 70.6 Å². The van der Waals surface area contributed by atoms with Crippen molar-refractivity contribution in [3.8, 4) is 17.6 Å². The first-order chi connectivity index (χ1) is 19.0. The third kappa shape index (κ3) is 4.76. The zero-order valence-electron chi connectivity index (χ0n) is 23.7. The van der Waals surface area contributed by atoms with Gasteiger partial charge in [0, 0.05) is 33.3 Å². The summed E-state index contributed by atoms with van der Waals surface area (Å²) < 4.78 is 11.7. The second kappa shape index (κ2) is 10.1. The van der Waals surface area contributed by atoms with E-state index in [1.807, 2.05) is 74.5 Å². The summed E-state index contributed by atoms with van der Waals surface area (Å²) in [6.45, 7) is 10.3. The van der Waals surface area contributed by atoms with E-state index in [4.69, 9.17) is 15.2 Å². The minimum atomic E-state index is -0.475. The molecule has 0 radical (unpaired) electrons. The Morgan fingerprint density at radius 3 is 2.48 bits per heavy atom. The highest BCUT2D eigenvalue weighted by atomic mass is 16.5. The summed E-state index contributed by atoms with van der Waals surface area (Å²) in [4.78, 5) is 16.4. The van der Waals surface area contributed by atoms with Gasteiger partial charge in [0.1, 0.15) is 23.1 Å². The fraction of sp³-hybridized carbons (Fsp3) is 0.235. The van der Waals surface area contributed by atoms with Gasteiger partial charge in [0.15, 0.2) is 5.78 Å². The Kier molecular flexibility index (Phi) is 6.77. The molecule has 40 heavy (non-hydrogen) atoms. The Balaban J connectivity index is 1.73. The topological polar surface area (TPSA) is 101 Å². The zero-order valence-corrected chi connectivity index (χ0v) is 23.7. The highest BCUT2D eigenvalue weighted by molar-refractivity contribution is 6.06. The van der Waals surface area contributed by atoms with Crippen molar-refractivity contribution in [3.63, 3.8) is 0 Å². The number of nitrogens with two attached hydrogens (primary N) is 1. The minimum absolute atomic E-state index is 0.0794. The van der Waals surface area contributed by atoms with Gasteiger partial charge < -0.3 is 20.2 Å². The van der Waals surface area contributed by atoms with Crippen LogP contribution >= 0.6 is 0 Å². The van der Waals surface area contributed by atoms with Crippen LogP contribution in [-0.2, 0) is 5.41 Å². The van der Waals surface area contributed by atoms with E-state index >= 15 is 0 Å². The van der Waals surface area contributed by atoms with Crippen molar-refractivity contribution in [2.24, 2.45) is 5.73 Å². The SMILES string of the molecule is COc1ccc2[nH]c(C)c(C3C(C#N)=C(N)Oc4c3cc(/C=C/C(=O)c3ccc(C)cc3)cc4C(C)(C)C)c2c1. The van der Waals surface area contributed by atoms with Gasteiger partial charge in [0.2, 0.25) is 5.88 Å². The number of benzene rings is 3. The minimum Gasteiger partial charge on any atom is -0.497 e. The highest BCUT2D eigenvalue weighted by Gasteiger charge is 2.37. The Labute approximate surface area is 234 Å². The Morgan fingerprint density at radius 1 is 1.10 bits per heavy atom. The second-order valence-electron chi connectivity index (χ2n) is 11.3. The van der Waals surface area contributed by atoms with Gasteiger partial charge in [-0.2, -0.15) is 5.26 Å². The van der Waals surface area contributed by atoms with Crippen LogP contribution in [0.25, 0.3) is 17.0 Å². The third-order valence-electron chi connectivity index (χ3n) is 7.44. The lowest BCUT2D eigenvalue weighted by Crippen LogP contribution is -2.25. The average molecular weight is 532 g/mol. The second-order valence-corrected chi connectivity index (χ2v) is 11.3. The van der Waals surface area contributed by atoms with Gasteiger partial charge in [-0.1, -0.05) is 56.7 Å². The van der Waals surface area contributed by atoms with Crippen molar-refractivity contribution in [1.29, 1.82) is 5.26 Å². The third-order valence-corrected chi connectivity index (χ3v) is 7.44. The largest absolute Gasteiger partial charge is 0.497 e. The molecule has 0 saturated heterocycles. The number of aromatic amines is 1. The summed E-state index contributed by atoms with van der Waals surface area (Å²) in [5, 5.41) is 11.2. The van der Waals surface area contributed by atoms with Gasteiger partial charge in [-0.05, 0) is 66.8 Å². The van der Waals surface area contributed by atoms with Gasteiger partial charge in [-0.15, -0.1) is 0 Å². The normalized spacial score (nSPS) is 15.2. The maximum Gasteiger partial charge on any atom is 0.205 e. The molecule has 0 bridgehead atoms. The molecule has 1 aromatic heterocycles. The van der Waals surface area contributed by atoms with Gasteiger partial charge in [-0.25, -0.2) is 0 Å². The molecule has 6 heteroatoms. The van der Waals surface area contributed by atoms with E-state index in [1.54, 1.807) is 13.2 Å². The van der Waals surface area contributed by atoms with E-state index in [2.05, 4.69) is 31.8 Å². The number of carbonyl (C=O) groups is 1. The van der Waals surface area contributed by atoms with E-state index in [1.165, 1.54) is 0 Å². The molecule has 3 aromatic carbocycles. The molecule has 202 valence electrons. The molecule has 0 spiro atoms. The first-order valence-electron chi connectivity index (χ1n) is 13.2. The number of ether oxygens (including phenoxy) is 2. The first-order valence-corrected chi connectivity index (χ1v) is 13.2. The fourth-order valence-corrected chi connectivity index (χ4v) is 5.35. The van der Waals surface area contributed by atoms with Gasteiger partial charge in [0.25, 0.3) is 0 Å². The number of aryl methyl sites for hydroxylation is 2. The number of aromatic nitrogens is 1. The number of hydrogen-bond donors (Lipinski definition) is 2. The highest BCUT2D eigenvalue weighted by Crippen LogP contribution is 2.49. The number of nitrogens with one attached hydrogen (secondary N) is 1. The molecule has 0 aliphatic carbocycles. The van der Waals surface area contributed by atoms with E-state index in [0.717, 1.165) is 50.2 Å². The van der Waals surface area contributed by atoms with Crippen molar-refractivity contribution in [2.75, 3.05) is 7.11 Å². The molecule has 6 nitrogen and oxygen atoms in total. The lowest BCUT2D eigenvalue weighted by atomic mass is 9.77. The molecular formula is C34H33N3O3. The van der Waals surface area contributed by atoms with E-state index in [0.29, 0.717) is 16.9 Å². The van der Waals surface area contributed by atoms with Crippen LogP contribution in [0.15, 0.2) is 72.1 Å². The van der Waals surface area contributed by atoms with E-state index in [9.17, 15) is 10.1 Å². The van der Waals surface area contributed by atoms with Gasteiger partial charge >= 0.3 is 0 Å². The summed E-state index contributed by atoms with van der Waals surface area (Å²) in [6, 6.07) is 19.7. The molecule has 0 amide bonds. The van der Waals surface area contributed by atoms with Crippen molar-refractivity contribution in [3.05, 3.63) is 111 Å². The summed E-state index contributed by atoms with van der Waals surface area (Å²) in [6.07, 6.45) is 3.42. The summed E-state index contributed by atoms with van der Waals surface area (Å²) in [7, 11) is 1.63. The molecule has 1 aliphatic heterocycles. The number of H-pyrrole nitrogens is 1. The van der Waals surface area contributed by atoms with Crippen molar-refractivity contribution in [2.45, 2.75) is 46.0 Å². The predicted molar refractivity (Wildman–Crippen MR) is 159 cm³/mol. The quantitative estimate of drug-likeness (QED) is 0.209. The van der Waals surface area contributed by atoms with Crippen molar-refractivity contribution < 1.29 is 14.3 Å². The van der Waals surface area contributed by atoms with Crippen LogP contribution in [0, 0.1) is 25.2 Å². The maximum absolute atomic E-state index is 12.9. The van der Waals surface area contributed by atoms with Gasteiger partial charge in [0.05, 0.1) is 13.0 Å². The molecule has 5 rings (SSSR count). The fourth-order valence-electron chi connectivity index (χ4n) is 5.35. The summed E-state index contributed by atoms with van der Waals surface area (Å²) >= 11 is 0. The molecule has 4 aromatic rings. The van der Waals surface area contributed by atoms with Crippen molar-refractivity contribution in [1.82, 2.24) is 4.98 Å². The van der Waals surface area contributed by atoms with Crippen LogP contribution in [0.2, 0.25) is 0 Å². The molecule has 0 fully saturated rings. The Hall–Kier alpha value is -4.76. The monoisotopic (exact) mass is 531 g/mol. The van der Waals surface area contributed by atoms with Crippen LogP contribution in [0.5, 0.6) is 11.5 Å². The number of allylic oxidation sites excluding steroid dienone is 2. The lowest BCUT2D eigenvalue weighted by molar-refractivity contribution is 0.104. The smallest absolute Gasteiger partial charge is 0.205 e. The van der Waals surface area contributed by atoms with Gasteiger partial charge in [-0.3, -0.25) is 4.79 Å². The molecule has 1 atom stereocenters. The maximum atomic E-state index is 12.9. The van der Waals surface area contributed by atoms with E-state index in [-0.39, 0.29) is 17.1 Å². The number of carbonyl (C=O) groups excluding carboxylic acids is 1. The molecule has 0 saturated carbocycles. The molecule has 1 aliphatic rings. The Morgan fingerprint density at radius 2 is 1.82 bits per heavy atom. The van der Waals surface area contributed by atoms with Crippen molar-refractivity contribution >= 4 is 22.8 Å². The lowest BCUT2D eigenvalue weighted by Gasteiger charge is -2.32. The van der Waals surface area contributed by atoms with Crippen LogP contribution in [-0.4, -0.2) is 17.9 Å². The number of ketones is 1. The summed E-state index contributed by atoms with van der Waals surface area (Å²) in [5.74, 6) is 0.908. The number of hydrogen-bond acceptors (Lipinski definition) is 5. The van der Waals surface area contributed by atoms with E-state index < -0.39 is 5.92 Å². The number of rotatable bonds is 5. The number of methoxy groups -OCH3 is 1. The Bertz CT molecular complexity index is 1740. The molecule has 2 heterocycles. The molecule has 3 N–H and O–H groups in total. The van der Waals surface area contributed by atoms with Crippen LogP contribution in [0.3, 0.4) is 0 Å². The summed E-state index contributed by atoms with van der Waals surface area (Å²) in [5.41, 5.74) is 13.6. The molecule has 1 unspecified atom stereocenters. The number of fused-ring (bicyclic) bond motifs is 2.